The molecule has 36 heavy (non-hydrogen) atoms. The Morgan fingerprint density at radius 2 is 1.86 bits per heavy atom. The van der Waals surface area contributed by atoms with Gasteiger partial charge in [-0.3, -0.25) is 9.79 Å². The molecule has 12 heteroatoms. The lowest BCUT2D eigenvalue weighted by atomic mass is 10.1. The normalized spacial score (nSPS) is 16.5. The predicted octanol–water partition coefficient (Wildman–Crippen LogP) is 2.58. The van der Waals surface area contributed by atoms with Gasteiger partial charge in [0.2, 0.25) is 5.91 Å². The molecule has 0 bridgehead atoms. The number of oxime groups is 1. The van der Waals surface area contributed by atoms with E-state index in [0.717, 1.165) is 6.42 Å². The summed E-state index contributed by atoms with van der Waals surface area (Å²) in [6, 6.07) is 1.85. The Hall–Kier alpha value is -2.41. The molecule has 1 amide bonds. The van der Waals surface area contributed by atoms with E-state index in [1.807, 2.05) is 13.8 Å². The number of rotatable bonds is 18. The van der Waals surface area contributed by atoms with E-state index < -0.39 is 17.7 Å². The Kier molecular flexibility index (Phi) is 14.2. The monoisotopic (exact) mass is 527 g/mol. The summed E-state index contributed by atoms with van der Waals surface area (Å²) in [6.07, 6.45) is 1.39. The highest BCUT2D eigenvalue weighted by atomic mass is 32.2. The molecule has 1 aromatic heterocycles. The summed E-state index contributed by atoms with van der Waals surface area (Å²) in [4.78, 5) is 34.5. The Morgan fingerprint density at radius 1 is 1.17 bits per heavy atom. The highest BCUT2D eigenvalue weighted by molar-refractivity contribution is 8.16. The van der Waals surface area contributed by atoms with Crippen LogP contribution >= 0.6 is 11.8 Å². The zero-order chi connectivity index (χ0) is 26.2. The van der Waals surface area contributed by atoms with Gasteiger partial charge in [0.15, 0.2) is 0 Å². The molecule has 0 fully saturated rings. The maximum Gasteiger partial charge on any atom is 0.339 e. The Balaban J connectivity index is 1.78. The van der Waals surface area contributed by atoms with Crippen LogP contribution in [0.4, 0.5) is 0 Å². The van der Waals surface area contributed by atoms with Crippen molar-refractivity contribution in [2.45, 2.75) is 45.7 Å². The standard InChI is InChI=1S/C24H37N3O8S/c1-5-7-19(21-14-18(30-4)15-22(28)35-21)25-23(29)20-16-36-24(26-20)17(3)27-34-13-12-33-11-10-32-9-8-31-6-2/h14-15,19-20H,5-13,16H2,1-4H3,(H,25,29)/b27-17+. The van der Waals surface area contributed by atoms with E-state index in [2.05, 4.69) is 15.5 Å². The first kappa shape index (κ1) is 29.8. The average Bonchev–Trinajstić information content (AvgIpc) is 3.37. The molecule has 2 rings (SSSR count). The Morgan fingerprint density at radius 3 is 2.53 bits per heavy atom. The second-order valence-corrected chi connectivity index (χ2v) is 8.77. The first-order chi connectivity index (χ1) is 17.5. The lowest BCUT2D eigenvalue weighted by Gasteiger charge is -2.18. The van der Waals surface area contributed by atoms with E-state index in [-0.39, 0.29) is 5.91 Å². The summed E-state index contributed by atoms with van der Waals surface area (Å²) in [5, 5.41) is 7.68. The number of ether oxygens (including phenoxy) is 4. The van der Waals surface area contributed by atoms with Crippen molar-refractivity contribution in [3.05, 3.63) is 28.3 Å². The van der Waals surface area contributed by atoms with E-state index >= 15 is 0 Å². The first-order valence-electron chi connectivity index (χ1n) is 12.1. The summed E-state index contributed by atoms with van der Waals surface area (Å²) in [7, 11) is 1.47. The number of amides is 1. The van der Waals surface area contributed by atoms with Crippen molar-refractivity contribution in [2.24, 2.45) is 10.1 Å². The van der Waals surface area contributed by atoms with Crippen molar-refractivity contribution in [3.8, 4) is 5.75 Å². The minimum atomic E-state index is -0.571. The molecule has 202 valence electrons. The Labute approximate surface area is 215 Å². The zero-order valence-corrected chi connectivity index (χ0v) is 22.3. The van der Waals surface area contributed by atoms with Crippen LogP contribution in [-0.4, -0.2) is 81.8 Å². The molecule has 1 aliphatic heterocycles. The van der Waals surface area contributed by atoms with Crippen LogP contribution in [0, 0.1) is 0 Å². The van der Waals surface area contributed by atoms with E-state index in [9.17, 15) is 9.59 Å². The average molecular weight is 528 g/mol. The van der Waals surface area contributed by atoms with Crippen molar-refractivity contribution in [1.29, 1.82) is 0 Å². The minimum absolute atomic E-state index is 0.244. The van der Waals surface area contributed by atoms with E-state index in [1.165, 1.54) is 24.9 Å². The maximum absolute atomic E-state index is 12.9. The largest absolute Gasteiger partial charge is 0.496 e. The number of nitrogens with zero attached hydrogens (tertiary/aromatic N) is 2. The number of carbonyl (C=O) groups excluding carboxylic acids is 1. The number of carbonyl (C=O) groups is 1. The van der Waals surface area contributed by atoms with Gasteiger partial charge in [0, 0.05) is 18.4 Å². The maximum atomic E-state index is 12.9. The SMILES string of the molecule is CCCC(NC(=O)C1CSC(/C(C)=N/OCCOCCOCCOCC)=N1)c1cc(OC)cc(=O)o1. The van der Waals surface area contributed by atoms with Crippen LogP contribution in [-0.2, 0) is 23.8 Å². The summed E-state index contributed by atoms with van der Waals surface area (Å²) >= 11 is 1.44. The molecule has 2 heterocycles. The van der Waals surface area contributed by atoms with E-state index in [4.69, 9.17) is 28.2 Å². The fraction of sp³-hybridized carbons (Fsp3) is 0.667. The second kappa shape index (κ2) is 17.1. The topological polar surface area (TPSA) is 130 Å². The van der Waals surface area contributed by atoms with E-state index in [0.29, 0.717) is 80.7 Å². The molecule has 0 spiro atoms. The van der Waals surface area contributed by atoms with Gasteiger partial charge in [0.25, 0.3) is 0 Å². The van der Waals surface area contributed by atoms with E-state index in [1.54, 1.807) is 13.0 Å². The third-order valence-electron chi connectivity index (χ3n) is 4.97. The molecule has 0 aliphatic carbocycles. The molecule has 1 N–H and O–H groups in total. The summed E-state index contributed by atoms with van der Waals surface area (Å²) in [5.74, 6) is 0.986. The molecule has 0 radical (unpaired) electrons. The molecule has 11 nitrogen and oxygen atoms in total. The summed E-state index contributed by atoms with van der Waals surface area (Å²) in [5.41, 5.74) is 0.0676. The molecular formula is C24H37N3O8S. The van der Waals surface area contributed by atoms with Gasteiger partial charge in [0.05, 0.1) is 52.3 Å². The van der Waals surface area contributed by atoms with Gasteiger partial charge in [-0.05, 0) is 20.3 Å². The molecule has 2 unspecified atom stereocenters. The van der Waals surface area contributed by atoms with Crippen LogP contribution in [0.5, 0.6) is 5.75 Å². The first-order valence-corrected chi connectivity index (χ1v) is 13.1. The molecule has 2 atom stereocenters. The van der Waals surface area contributed by atoms with Gasteiger partial charge < -0.3 is 33.5 Å². The molecular weight excluding hydrogens is 490 g/mol. The molecule has 0 saturated heterocycles. The lowest BCUT2D eigenvalue weighted by molar-refractivity contribution is -0.122. The summed E-state index contributed by atoms with van der Waals surface area (Å²) in [6.45, 7) is 9.16. The minimum Gasteiger partial charge on any atom is -0.496 e. The van der Waals surface area contributed by atoms with Crippen LogP contribution in [0.15, 0.2) is 31.5 Å². The molecule has 0 saturated carbocycles. The smallest absolute Gasteiger partial charge is 0.339 e. The number of nitrogens with one attached hydrogen (secondary N) is 1. The third-order valence-corrected chi connectivity index (χ3v) is 6.12. The quantitative estimate of drug-likeness (QED) is 0.174. The predicted molar refractivity (Wildman–Crippen MR) is 138 cm³/mol. The van der Waals surface area contributed by atoms with Gasteiger partial charge in [-0.1, -0.05) is 18.5 Å². The Bertz CT molecular complexity index is 921. The summed E-state index contributed by atoms with van der Waals surface area (Å²) < 4.78 is 26.4. The van der Waals surface area contributed by atoms with Crippen molar-refractivity contribution >= 4 is 28.4 Å². The number of aliphatic imine (C=N–C) groups is 1. The fourth-order valence-electron chi connectivity index (χ4n) is 3.17. The number of thioether (sulfide) groups is 1. The van der Waals surface area contributed by atoms with Crippen LogP contribution in [0.1, 0.15) is 45.4 Å². The van der Waals surface area contributed by atoms with Crippen molar-refractivity contribution < 1.29 is 33.0 Å². The van der Waals surface area contributed by atoms with Crippen molar-refractivity contribution in [1.82, 2.24) is 5.32 Å². The van der Waals surface area contributed by atoms with Crippen LogP contribution < -0.4 is 15.7 Å². The van der Waals surface area contributed by atoms with Gasteiger partial charge in [-0.2, -0.15) is 0 Å². The number of hydrogen-bond acceptors (Lipinski definition) is 11. The number of hydrogen-bond donors (Lipinski definition) is 1. The highest BCUT2D eigenvalue weighted by Crippen LogP contribution is 2.24. The van der Waals surface area contributed by atoms with Crippen LogP contribution in [0.25, 0.3) is 0 Å². The second-order valence-electron chi connectivity index (χ2n) is 7.76. The number of methoxy groups -OCH3 is 1. The van der Waals surface area contributed by atoms with Gasteiger partial charge in [0.1, 0.15) is 34.9 Å². The third kappa shape index (κ3) is 10.7. The highest BCUT2D eigenvalue weighted by Gasteiger charge is 2.29. The van der Waals surface area contributed by atoms with Crippen molar-refractivity contribution in [2.75, 3.05) is 59.1 Å². The van der Waals surface area contributed by atoms with Crippen LogP contribution in [0.3, 0.4) is 0 Å². The van der Waals surface area contributed by atoms with Crippen LogP contribution in [0.2, 0.25) is 0 Å². The van der Waals surface area contributed by atoms with Gasteiger partial charge >= 0.3 is 5.63 Å². The molecule has 1 aliphatic rings. The molecule has 1 aromatic rings. The van der Waals surface area contributed by atoms with Gasteiger partial charge in [-0.15, -0.1) is 11.8 Å². The van der Waals surface area contributed by atoms with Gasteiger partial charge in [-0.25, -0.2) is 4.79 Å². The molecule has 0 aromatic carbocycles. The lowest BCUT2D eigenvalue weighted by Crippen LogP contribution is -2.37. The fourth-order valence-corrected chi connectivity index (χ4v) is 4.16. The van der Waals surface area contributed by atoms with Crippen molar-refractivity contribution in [3.63, 3.8) is 0 Å². The zero-order valence-electron chi connectivity index (χ0n) is 21.4.